The Morgan fingerprint density at radius 2 is 2.17 bits per heavy atom. The van der Waals surface area contributed by atoms with Crippen LogP contribution >= 0.6 is 0 Å². The molecule has 1 atom stereocenters. The fourth-order valence-electron chi connectivity index (χ4n) is 2.43. The summed E-state index contributed by atoms with van der Waals surface area (Å²) in [5.41, 5.74) is 6.89. The maximum Gasteiger partial charge on any atom is 0.223 e. The minimum absolute atomic E-state index is 0.0156. The molecule has 1 saturated carbocycles. The van der Waals surface area contributed by atoms with Gasteiger partial charge in [-0.25, -0.2) is 0 Å². The van der Waals surface area contributed by atoms with E-state index in [1.165, 1.54) is 0 Å². The SMILES string of the molecule is CC(NC(=O)C1CCC(N)CC1)c1cccnc1. The smallest absolute Gasteiger partial charge is 0.223 e. The Morgan fingerprint density at radius 1 is 1.44 bits per heavy atom. The van der Waals surface area contributed by atoms with Gasteiger partial charge in [-0.2, -0.15) is 0 Å². The largest absolute Gasteiger partial charge is 0.349 e. The Kier molecular flexibility index (Phi) is 4.31. The number of carbonyl (C=O) groups is 1. The van der Waals surface area contributed by atoms with Gasteiger partial charge < -0.3 is 11.1 Å². The molecule has 0 aromatic carbocycles. The van der Waals surface area contributed by atoms with Crippen molar-refractivity contribution in [1.29, 1.82) is 0 Å². The molecule has 1 aliphatic rings. The summed E-state index contributed by atoms with van der Waals surface area (Å²) >= 11 is 0. The Bertz CT molecular complexity index is 385. The lowest BCUT2D eigenvalue weighted by molar-refractivity contribution is -0.126. The highest BCUT2D eigenvalue weighted by Crippen LogP contribution is 2.24. The van der Waals surface area contributed by atoms with Gasteiger partial charge in [0.15, 0.2) is 0 Å². The van der Waals surface area contributed by atoms with Crippen molar-refractivity contribution in [1.82, 2.24) is 10.3 Å². The second-order valence-corrected chi connectivity index (χ2v) is 5.13. The van der Waals surface area contributed by atoms with E-state index in [4.69, 9.17) is 5.73 Å². The molecule has 4 nitrogen and oxygen atoms in total. The van der Waals surface area contributed by atoms with E-state index in [1.54, 1.807) is 12.4 Å². The number of hydrogen-bond donors (Lipinski definition) is 2. The molecule has 0 radical (unpaired) electrons. The van der Waals surface area contributed by atoms with Crippen LogP contribution in [0.2, 0.25) is 0 Å². The van der Waals surface area contributed by atoms with Gasteiger partial charge in [0.25, 0.3) is 0 Å². The second-order valence-electron chi connectivity index (χ2n) is 5.13. The summed E-state index contributed by atoms with van der Waals surface area (Å²) in [5.74, 6) is 0.280. The van der Waals surface area contributed by atoms with Gasteiger partial charge in [0.1, 0.15) is 0 Å². The maximum absolute atomic E-state index is 12.1. The van der Waals surface area contributed by atoms with Crippen LogP contribution in [0.1, 0.15) is 44.2 Å². The first kappa shape index (κ1) is 13.0. The number of rotatable bonds is 3. The molecule has 0 aliphatic heterocycles. The number of pyridine rings is 1. The lowest BCUT2D eigenvalue weighted by Gasteiger charge is -2.26. The standard InChI is InChI=1S/C14H21N3O/c1-10(12-3-2-8-16-9-12)17-14(18)11-4-6-13(15)7-5-11/h2-3,8-11,13H,4-7,15H2,1H3,(H,17,18). The molecule has 1 heterocycles. The van der Waals surface area contributed by atoms with Crippen LogP contribution < -0.4 is 11.1 Å². The van der Waals surface area contributed by atoms with Crippen LogP contribution in [0.15, 0.2) is 24.5 Å². The van der Waals surface area contributed by atoms with Crippen molar-refractivity contribution in [3.63, 3.8) is 0 Å². The molecule has 1 amide bonds. The average Bonchev–Trinajstić information content (AvgIpc) is 2.40. The van der Waals surface area contributed by atoms with Gasteiger partial charge >= 0.3 is 0 Å². The zero-order valence-corrected chi connectivity index (χ0v) is 10.8. The summed E-state index contributed by atoms with van der Waals surface area (Å²) < 4.78 is 0. The van der Waals surface area contributed by atoms with Gasteiger partial charge in [-0.05, 0) is 44.2 Å². The van der Waals surface area contributed by atoms with Crippen LogP contribution in [-0.4, -0.2) is 16.9 Å². The molecule has 1 aliphatic carbocycles. The molecule has 98 valence electrons. The van der Waals surface area contributed by atoms with E-state index < -0.39 is 0 Å². The van der Waals surface area contributed by atoms with Crippen LogP contribution in [-0.2, 0) is 4.79 Å². The molecule has 2 rings (SSSR count). The molecular formula is C14H21N3O. The topological polar surface area (TPSA) is 68.0 Å². The lowest BCUT2D eigenvalue weighted by Crippen LogP contribution is -2.37. The van der Waals surface area contributed by atoms with Crippen molar-refractivity contribution >= 4 is 5.91 Å². The summed E-state index contributed by atoms with van der Waals surface area (Å²) in [5, 5.41) is 3.06. The van der Waals surface area contributed by atoms with Crippen molar-refractivity contribution in [2.45, 2.75) is 44.7 Å². The average molecular weight is 247 g/mol. The van der Waals surface area contributed by atoms with E-state index in [9.17, 15) is 4.79 Å². The molecule has 0 saturated heterocycles. The molecule has 3 N–H and O–H groups in total. The highest BCUT2D eigenvalue weighted by Gasteiger charge is 2.25. The Hall–Kier alpha value is -1.42. The van der Waals surface area contributed by atoms with Crippen molar-refractivity contribution in [2.75, 3.05) is 0 Å². The van der Waals surface area contributed by atoms with E-state index in [-0.39, 0.29) is 23.9 Å². The fourth-order valence-corrected chi connectivity index (χ4v) is 2.43. The van der Waals surface area contributed by atoms with Gasteiger partial charge in [-0.15, -0.1) is 0 Å². The van der Waals surface area contributed by atoms with E-state index in [0.29, 0.717) is 0 Å². The normalized spacial score (nSPS) is 25.4. The van der Waals surface area contributed by atoms with Crippen LogP contribution in [0.5, 0.6) is 0 Å². The third kappa shape index (κ3) is 3.29. The summed E-state index contributed by atoms with van der Waals surface area (Å²) in [6, 6.07) is 4.17. The number of nitrogens with two attached hydrogens (primary N) is 1. The first-order chi connectivity index (χ1) is 8.66. The van der Waals surface area contributed by atoms with Crippen LogP contribution in [0.25, 0.3) is 0 Å². The van der Waals surface area contributed by atoms with Gasteiger partial charge in [-0.1, -0.05) is 6.07 Å². The number of amides is 1. The Balaban J connectivity index is 1.87. The highest BCUT2D eigenvalue weighted by molar-refractivity contribution is 5.79. The van der Waals surface area contributed by atoms with Crippen molar-refractivity contribution < 1.29 is 4.79 Å². The summed E-state index contributed by atoms with van der Waals surface area (Å²) in [6.07, 6.45) is 7.26. The van der Waals surface area contributed by atoms with E-state index in [2.05, 4.69) is 10.3 Å². The molecule has 18 heavy (non-hydrogen) atoms. The monoisotopic (exact) mass is 247 g/mol. The minimum atomic E-state index is 0.0156. The number of nitrogens with zero attached hydrogens (tertiary/aromatic N) is 1. The fraction of sp³-hybridized carbons (Fsp3) is 0.571. The minimum Gasteiger partial charge on any atom is -0.349 e. The number of aromatic nitrogens is 1. The molecule has 1 unspecified atom stereocenters. The van der Waals surface area contributed by atoms with Gasteiger partial charge in [0, 0.05) is 24.4 Å². The molecule has 0 spiro atoms. The van der Waals surface area contributed by atoms with Gasteiger partial charge in [-0.3, -0.25) is 9.78 Å². The quantitative estimate of drug-likeness (QED) is 0.855. The van der Waals surface area contributed by atoms with E-state index >= 15 is 0 Å². The summed E-state index contributed by atoms with van der Waals surface area (Å²) in [6.45, 7) is 1.99. The highest BCUT2D eigenvalue weighted by atomic mass is 16.1. The van der Waals surface area contributed by atoms with Crippen LogP contribution in [0, 0.1) is 5.92 Å². The third-order valence-electron chi connectivity index (χ3n) is 3.69. The molecule has 1 aromatic rings. The van der Waals surface area contributed by atoms with E-state index in [1.807, 2.05) is 19.1 Å². The third-order valence-corrected chi connectivity index (χ3v) is 3.69. The number of hydrogen-bond acceptors (Lipinski definition) is 3. The molecular weight excluding hydrogens is 226 g/mol. The van der Waals surface area contributed by atoms with E-state index in [0.717, 1.165) is 31.2 Å². The molecule has 1 aromatic heterocycles. The number of nitrogens with one attached hydrogen (secondary N) is 1. The van der Waals surface area contributed by atoms with Crippen LogP contribution in [0.3, 0.4) is 0 Å². The second kappa shape index (κ2) is 5.96. The molecule has 0 bridgehead atoms. The summed E-state index contributed by atoms with van der Waals surface area (Å²) in [4.78, 5) is 16.2. The molecule has 1 fully saturated rings. The zero-order chi connectivity index (χ0) is 13.0. The maximum atomic E-state index is 12.1. The Morgan fingerprint density at radius 3 is 2.78 bits per heavy atom. The summed E-state index contributed by atoms with van der Waals surface area (Å²) in [7, 11) is 0. The molecule has 4 heteroatoms. The van der Waals surface area contributed by atoms with Crippen molar-refractivity contribution in [2.24, 2.45) is 11.7 Å². The zero-order valence-electron chi connectivity index (χ0n) is 10.8. The van der Waals surface area contributed by atoms with Gasteiger partial charge in [0.2, 0.25) is 5.91 Å². The van der Waals surface area contributed by atoms with Crippen molar-refractivity contribution in [3.8, 4) is 0 Å². The number of carbonyl (C=O) groups excluding carboxylic acids is 1. The first-order valence-electron chi connectivity index (χ1n) is 6.62. The predicted octanol–water partition coefficient (Wildman–Crippen LogP) is 1.78. The Labute approximate surface area is 108 Å². The lowest BCUT2D eigenvalue weighted by atomic mass is 9.86. The predicted molar refractivity (Wildman–Crippen MR) is 70.7 cm³/mol. The first-order valence-corrected chi connectivity index (χ1v) is 6.62. The van der Waals surface area contributed by atoms with Gasteiger partial charge in [0.05, 0.1) is 6.04 Å². The van der Waals surface area contributed by atoms with Crippen LogP contribution in [0.4, 0.5) is 0 Å². The van der Waals surface area contributed by atoms with Crippen molar-refractivity contribution in [3.05, 3.63) is 30.1 Å².